The summed E-state index contributed by atoms with van der Waals surface area (Å²) in [5, 5.41) is 0. The highest BCUT2D eigenvalue weighted by Gasteiger charge is 2.27. The number of Topliss-reactive ketones (excluding diaryl/α,β-unsaturated/α-hetero) is 1. The topological polar surface area (TPSA) is 41.8 Å². The number of ketones is 1. The lowest BCUT2D eigenvalue weighted by atomic mass is 10.0. The number of aromatic nitrogens is 1. The van der Waals surface area contributed by atoms with Crippen molar-refractivity contribution in [2.75, 3.05) is 11.9 Å². The van der Waals surface area contributed by atoms with Crippen molar-refractivity contribution in [1.29, 1.82) is 0 Å². The average Bonchev–Trinajstić information content (AvgIpc) is 3.13. The van der Waals surface area contributed by atoms with Crippen molar-refractivity contribution in [3.63, 3.8) is 0 Å². The Morgan fingerprint density at radius 2 is 1.44 bits per heavy atom. The molecule has 0 aliphatic heterocycles. The first-order valence-electron chi connectivity index (χ1n) is 8.70. The molecule has 1 amide bonds. The number of pyridine rings is 1. The normalized spacial score (nSPS) is 10.7. The molecule has 0 unspecified atom stereocenters. The number of hydrogen-bond acceptors (Lipinski definition) is 2. The molecule has 0 spiro atoms. The van der Waals surface area contributed by atoms with Crippen molar-refractivity contribution in [3.05, 3.63) is 96.8 Å². The first-order valence-corrected chi connectivity index (χ1v) is 8.70. The van der Waals surface area contributed by atoms with Gasteiger partial charge in [0.2, 0.25) is 0 Å². The van der Waals surface area contributed by atoms with Gasteiger partial charge in [-0.1, -0.05) is 54.6 Å². The molecule has 0 aliphatic rings. The van der Waals surface area contributed by atoms with Crippen LogP contribution in [0.3, 0.4) is 0 Å². The minimum atomic E-state index is -0.567. The van der Waals surface area contributed by atoms with Gasteiger partial charge in [-0.2, -0.15) is 0 Å². The van der Waals surface area contributed by atoms with Crippen molar-refractivity contribution in [2.24, 2.45) is 0 Å². The number of likely N-dealkylation sites (N-methyl/N-ethyl adjacent to an activating group) is 1. The Hall–Kier alpha value is -3.66. The fraction of sp³-hybridized carbons (Fsp3) is 0.0435. The molecule has 0 fully saturated rings. The second kappa shape index (κ2) is 6.92. The van der Waals surface area contributed by atoms with Gasteiger partial charge in [0.15, 0.2) is 0 Å². The lowest BCUT2D eigenvalue weighted by molar-refractivity contribution is -0.114. The zero-order chi connectivity index (χ0) is 18.8. The van der Waals surface area contributed by atoms with Gasteiger partial charge in [0.1, 0.15) is 5.69 Å². The molecule has 4 nitrogen and oxygen atoms in total. The van der Waals surface area contributed by atoms with Gasteiger partial charge in [-0.3, -0.25) is 9.59 Å². The molecule has 27 heavy (non-hydrogen) atoms. The van der Waals surface area contributed by atoms with Crippen LogP contribution >= 0.6 is 0 Å². The van der Waals surface area contributed by atoms with Gasteiger partial charge in [-0.25, -0.2) is 0 Å². The molecule has 2 aromatic carbocycles. The van der Waals surface area contributed by atoms with E-state index in [1.807, 2.05) is 79.0 Å². The minimum absolute atomic E-state index is 0.379. The minimum Gasteiger partial charge on any atom is -0.313 e. The molecule has 2 aromatic heterocycles. The number of carbonyl (C=O) groups is 2. The molecule has 2 heterocycles. The molecular formula is C23H18N2O2. The monoisotopic (exact) mass is 354 g/mol. The van der Waals surface area contributed by atoms with Gasteiger partial charge in [-0.05, 0) is 35.9 Å². The molecule has 132 valence electrons. The van der Waals surface area contributed by atoms with Crippen LogP contribution in [0.5, 0.6) is 0 Å². The van der Waals surface area contributed by atoms with Crippen LogP contribution in [0.1, 0.15) is 10.5 Å². The number of carbonyl (C=O) groups excluding carboxylic acids is 2. The van der Waals surface area contributed by atoms with Crippen LogP contribution in [0, 0.1) is 0 Å². The predicted molar refractivity (Wildman–Crippen MR) is 107 cm³/mol. The molecule has 0 bridgehead atoms. The molecular weight excluding hydrogens is 336 g/mol. The van der Waals surface area contributed by atoms with E-state index in [4.69, 9.17) is 0 Å². The van der Waals surface area contributed by atoms with Crippen LogP contribution in [0.4, 0.5) is 5.69 Å². The molecule has 0 saturated heterocycles. The number of rotatable bonds is 4. The highest BCUT2D eigenvalue weighted by Crippen LogP contribution is 2.28. The number of para-hydroxylation sites is 1. The third-order valence-corrected chi connectivity index (χ3v) is 4.62. The maximum absolute atomic E-state index is 13.2. The Morgan fingerprint density at radius 3 is 2.15 bits per heavy atom. The number of benzene rings is 2. The molecule has 0 saturated carbocycles. The quantitative estimate of drug-likeness (QED) is 0.401. The Bertz CT molecular complexity index is 1120. The summed E-state index contributed by atoms with van der Waals surface area (Å²) in [6.45, 7) is 0. The van der Waals surface area contributed by atoms with Crippen molar-refractivity contribution in [1.82, 2.24) is 4.40 Å². The largest absolute Gasteiger partial charge is 0.313 e. The van der Waals surface area contributed by atoms with E-state index in [-0.39, 0.29) is 0 Å². The Labute approximate surface area is 157 Å². The second-order valence-electron chi connectivity index (χ2n) is 6.30. The van der Waals surface area contributed by atoms with Crippen LogP contribution in [0.15, 0.2) is 91.1 Å². The van der Waals surface area contributed by atoms with E-state index < -0.39 is 11.7 Å². The molecule has 0 N–H and O–H groups in total. The summed E-state index contributed by atoms with van der Waals surface area (Å²) in [7, 11) is 1.62. The summed E-state index contributed by atoms with van der Waals surface area (Å²) in [5.74, 6) is -1.10. The van der Waals surface area contributed by atoms with Crippen molar-refractivity contribution < 1.29 is 9.59 Å². The van der Waals surface area contributed by atoms with Gasteiger partial charge in [0.25, 0.3) is 5.78 Å². The third-order valence-electron chi connectivity index (χ3n) is 4.62. The molecule has 0 radical (unpaired) electrons. The van der Waals surface area contributed by atoms with Crippen molar-refractivity contribution >= 4 is 22.9 Å². The summed E-state index contributed by atoms with van der Waals surface area (Å²) < 4.78 is 1.78. The number of amides is 1. The first-order chi connectivity index (χ1) is 13.2. The summed E-state index contributed by atoms with van der Waals surface area (Å²) in [6, 6.07) is 26.4. The maximum atomic E-state index is 13.2. The van der Waals surface area contributed by atoms with E-state index in [1.54, 1.807) is 23.6 Å². The van der Waals surface area contributed by atoms with Crippen LogP contribution < -0.4 is 4.90 Å². The van der Waals surface area contributed by atoms with Gasteiger partial charge in [-0.15, -0.1) is 0 Å². The molecule has 4 aromatic rings. The van der Waals surface area contributed by atoms with Gasteiger partial charge in [0, 0.05) is 30.0 Å². The Kier molecular flexibility index (Phi) is 4.30. The fourth-order valence-electron chi connectivity index (χ4n) is 3.22. The van der Waals surface area contributed by atoms with E-state index in [1.165, 1.54) is 4.90 Å². The van der Waals surface area contributed by atoms with E-state index >= 15 is 0 Å². The summed E-state index contributed by atoms with van der Waals surface area (Å²) in [4.78, 5) is 27.5. The summed E-state index contributed by atoms with van der Waals surface area (Å²) in [5.41, 5.74) is 3.58. The fourth-order valence-corrected chi connectivity index (χ4v) is 3.22. The average molecular weight is 354 g/mol. The second-order valence-corrected chi connectivity index (χ2v) is 6.30. The zero-order valence-electron chi connectivity index (χ0n) is 14.9. The molecule has 0 aliphatic carbocycles. The number of fused-ring (bicyclic) bond motifs is 1. The van der Waals surface area contributed by atoms with Crippen molar-refractivity contribution in [2.45, 2.75) is 0 Å². The predicted octanol–water partition coefficient (Wildman–Crippen LogP) is 4.45. The lowest BCUT2D eigenvalue weighted by Crippen LogP contribution is -2.34. The Balaban J connectivity index is 1.83. The number of hydrogen-bond donors (Lipinski definition) is 0. The maximum Gasteiger partial charge on any atom is 0.300 e. The van der Waals surface area contributed by atoms with E-state index in [0.29, 0.717) is 11.4 Å². The van der Waals surface area contributed by atoms with Crippen molar-refractivity contribution in [3.8, 4) is 11.1 Å². The summed E-state index contributed by atoms with van der Waals surface area (Å²) >= 11 is 0. The van der Waals surface area contributed by atoms with E-state index in [9.17, 15) is 9.59 Å². The summed E-state index contributed by atoms with van der Waals surface area (Å²) in [6.07, 6.45) is 1.81. The highest BCUT2D eigenvalue weighted by molar-refractivity contribution is 6.47. The van der Waals surface area contributed by atoms with E-state index in [0.717, 1.165) is 16.6 Å². The van der Waals surface area contributed by atoms with Crippen LogP contribution in [-0.4, -0.2) is 23.1 Å². The smallest absolute Gasteiger partial charge is 0.300 e. The van der Waals surface area contributed by atoms with Crippen LogP contribution in [0.2, 0.25) is 0 Å². The zero-order valence-corrected chi connectivity index (χ0v) is 14.9. The Morgan fingerprint density at radius 1 is 0.815 bits per heavy atom. The third kappa shape index (κ3) is 3.02. The number of nitrogens with zero attached hydrogens (tertiary/aromatic N) is 2. The van der Waals surface area contributed by atoms with Gasteiger partial charge < -0.3 is 9.30 Å². The highest BCUT2D eigenvalue weighted by atomic mass is 16.2. The lowest BCUT2D eigenvalue weighted by Gasteiger charge is -2.17. The number of anilines is 1. The molecule has 0 atom stereocenters. The van der Waals surface area contributed by atoms with Gasteiger partial charge in [0.05, 0.1) is 0 Å². The SMILES string of the molecule is CN(C(=O)C(=O)c1c(-c2ccccc2)cc2ccccn12)c1ccccc1. The standard InChI is InChI=1S/C23H18N2O2/c1-24(18-12-6-3-7-13-18)23(27)22(26)21-20(17-10-4-2-5-11-17)16-19-14-8-9-15-25(19)21/h2-16H,1H3. The van der Waals surface area contributed by atoms with Crippen LogP contribution in [-0.2, 0) is 4.79 Å². The first kappa shape index (κ1) is 16.8. The van der Waals surface area contributed by atoms with E-state index in [2.05, 4.69) is 0 Å². The molecule has 4 rings (SSSR count). The van der Waals surface area contributed by atoms with Gasteiger partial charge >= 0.3 is 5.91 Å². The molecule has 4 heteroatoms. The van der Waals surface area contributed by atoms with Crippen LogP contribution in [0.25, 0.3) is 16.6 Å².